The van der Waals surface area contributed by atoms with Gasteiger partial charge in [0.25, 0.3) is 5.91 Å². The van der Waals surface area contributed by atoms with E-state index in [4.69, 9.17) is 25.8 Å². The van der Waals surface area contributed by atoms with E-state index in [1.165, 1.54) is 25.3 Å². The molecule has 174 valence electrons. The number of halogens is 1. The molecule has 2 aromatic carbocycles. The van der Waals surface area contributed by atoms with Gasteiger partial charge in [0.1, 0.15) is 16.4 Å². The summed E-state index contributed by atoms with van der Waals surface area (Å²) in [6.07, 6.45) is 1.54. The number of hydrogen-bond donors (Lipinski definition) is 2. The molecule has 0 spiro atoms. The molecule has 2 unspecified atom stereocenters. The van der Waals surface area contributed by atoms with Crippen LogP contribution in [-0.2, 0) is 14.8 Å². The van der Waals surface area contributed by atoms with Gasteiger partial charge >= 0.3 is 0 Å². The van der Waals surface area contributed by atoms with Gasteiger partial charge in [-0.1, -0.05) is 11.6 Å². The van der Waals surface area contributed by atoms with Crippen LogP contribution in [0.15, 0.2) is 41.3 Å². The maximum atomic E-state index is 12.9. The van der Waals surface area contributed by atoms with Crippen molar-refractivity contribution in [2.75, 3.05) is 27.4 Å². The van der Waals surface area contributed by atoms with E-state index in [9.17, 15) is 13.2 Å². The third-order valence-corrected chi connectivity index (χ3v) is 7.17. The first kappa shape index (κ1) is 24.3. The highest BCUT2D eigenvalue weighted by Crippen LogP contribution is 2.30. The van der Waals surface area contributed by atoms with Crippen LogP contribution in [0.5, 0.6) is 11.5 Å². The van der Waals surface area contributed by atoms with Crippen molar-refractivity contribution >= 4 is 27.5 Å². The summed E-state index contributed by atoms with van der Waals surface area (Å²) in [7, 11) is -0.818. The summed E-state index contributed by atoms with van der Waals surface area (Å²) in [6.45, 7) is 2.59. The number of ether oxygens (including phenoxy) is 3. The van der Waals surface area contributed by atoms with Crippen LogP contribution in [0.4, 0.5) is 0 Å². The smallest absolute Gasteiger partial charge is 0.251 e. The predicted octanol–water partition coefficient (Wildman–Crippen LogP) is 3.31. The molecule has 8 nitrogen and oxygen atoms in total. The average Bonchev–Trinajstić information content (AvgIpc) is 3.31. The number of sulfonamides is 1. The van der Waals surface area contributed by atoms with Crippen LogP contribution in [-0.4, -0.2) is 47.8 Å². The van der Waals surface area contributed by atoms with E-state index >= 15 is 0 Å². The van der Waals surface area contributed by atoms with E-state index in [0.717, 1.165) is 18.4 Å². The summed E-state index contributed by atoms with van der Waals surface area (Å²) < 4.78 is 44.1. The van der Waals surface area contributed by atoms with Gasteiger partial charge in [-0.05, 0) is 50.1 Å². The van der Waals surface area contributed by atoms with Gasteiger partial charge in [0, 0.05) is 30.3 Å². The molecule has 10 heteroatoms. The topological polar surface area (TPSA) is 103 Å². The zero-order chi connectivity index (χ0) is 23.3. The highest BCUT2D eigenvalue weighted by atomic mass is 35.5. The Morgan fingerprint density at radius 2 is 2.00 bits per heavy atom. The lowest BCUT2D eigenvalue weighted by molar-refractivity contribution is 0.0939. The van der Waals surface area contributed by atoms with Crippen LogP contribution in [0.1, 0.15) is 41.7 Å². The second-order valence-corrected chi connectivity index (χ2v) is 9.58. The minimum atomic E-state index is -3.91. The number of hydrogen-bond acceptors (Lipinski definition) is 6. The minimum Gasteiger partial charge on any atom is -0.497 e. The Morgan fingerprint density at radius 3 is 2.66 bits per heavy atom. The molecule has 0 saturated carbocycles. The molecule has 2 atom stereocenters. The zero-order valence-electron chi connectivity index (χ0n) is 18.2. The zero-order valence-corrected chi connectivity index (χ0v) is 19.8. The Bertz CT molecular complexity index is 1070. The molecule has 1 fully saturated rings. The van der Waals surface area contributed by atoms with Gasteiger partial charge < -0.3 is 19.5 Å². The quantitative estimate of drug-likeness (QED) is 0.568. The largest absolute Gasteiger partial charge is 0.497 e. The Balaban J connectivity index is 1.76. The highest BCUT2D eigenvalue weighted by Gasteiger charge is 2.24. The molecule has 1 aliphatic rings. The molecule has 0 aromatic heterocycles. The van der Waals surface area contributed by atoms with Crippen LogP contribution in [0.25, 0.3) is 0 Å². The molecule has 1 aliphatic heterocycles. The number of amides is 1. The Labute approximate surface area is 193 Å². The summed E-state index contributed by atoms with van der Waals surface area (Å²) in [4.78, 5) is 12.7. The van der Waals surface area contributed by atoms with Crippen molar-refractivity contribution < 1.29 is 27.4 Å². The maximum Gasteiger partial charge on any atom is 0.251 e. The van der Waals surface area contributed by atoms with Crippen LogP contribution >= 0.6 is 11.6 Å². The van der Waals surface area contributed by atoms with Gasteiger partial charge in [-0.15, -0.1) is 0 Å². The molecule has 2 N–H and O–H groups in total. The second-order valence-electron chi connectivity index (χ2n) is 7.44. The summed E-state index contributed by atoms with van der Waals surface area (Å²) in [5.41, 5.74) is 0.924. The normalized spacial score (nSPS) is 17.1. The molecule has 0 radical (unpaired) electrons. The van der Waals surface area contributed by atoms with Crippen LogP contribution < -0.4 is 19.5 Å². The SMILES string of the molecule is COc1ccc(C(C)NC(=O)c2ccc(Cl)c(S(=O)(=O)NCC3CCCO3)c2)c(OC)c1. The fraction of sp³-hybridized carbons (Fsp3) is 0.409. The van der Waals surface area contributed by atoms with Crippen LogP contribution in [0.2, 0.25) is 5.02 Å². The van der Waals surface area contributed by atoms with E-state index in [1.54, 1.807) is 32.2 Å². The molecule has 0 bridgehead atoms. The van der Waals surface area contributed by atoms with Crippen LogP contribution in [0.3, 0.4) is 0 Å². The molecule has 1 amide bonds. The molecule has 3 rings (SSSR count). The van der Waals surface area contributed by atoms with Crippen molar-refractivity contribution in [1.29, 1.82) is 0 Å². The maximum absolute atomic E-state index is 12.9. The van der Waals surface area contributed by atoms with Crippen molar-refractivity contribution in [3.05, 3.63) is 52.5 Å². The van der Waals surface area contributed by atoms with Gasteiger partial charge in [0.15, 0.2) is 0 Å². The standard InChI is InChI=1S/C22H27ClN2O6S/c1-14(18-8-7-16(29-2)12-20(18)30-3)25-22(26)15-6-9-19(23)21(11-15)32(27,28)24-13-17-5-4-10-31-17/h6-9,11-12,14,17,24H,4-5,10,13H2,1-3H3,(H,25,26). The van der Waals surface area contributed by atoms with Crippen molar-refractivity contribution in [3.8, 4) is 11.5 Å². The number of carbonyl (C=O) groups excluding carboxylic acids is 1. The van der Waals surface area contributed by atoms with Gasteiger partial charge in [-0.2, -0.15) is 0 Å². The third-order valence-electron chi connectivity index (χ3n) is 5.26. The summed E-state index contributed by atoms with van der Waals surface area (Å²) >= 11 is 6.14. The lowest BCUT2D eigenvalue weighted by Gasteiger charge is -2.18. The lowest BCUT2D eigenvalue weighted by Crippen LogP contribution is -2.32. The Morgan fingerprint density at radius 1 is 1.22 bits per heavy atom. The van der Waals surface area contributed by atoms with Crippen molar-refractivity contribution in [3.63, 3.8) is 0 Å². The van der Waals surface area contributed by atoms with Crippen molar-refractivity contribution in [2.45, 2.75) is 36.8 Å². The van der Waals surface area contributed by atoms with E-state index in [0.29, 0.717) is 18.1 Å². The molecule has 1 heterocycles. The van der Waals surface area contributed by atoms with E-state index in [2.05, 4.69) is 10.0 Å². The van der Waals surface area contributed by atoms with Gasteiger partial charge in [0.05, 0.1) is 31.4 Å². The van der Waals surface area contributed by atoms with Crippen molar-refractivity contribution in [2.24, 2.45) is 0 Å². The molecule has 1 saturated heterocycles. The molecule has 0 aliphatic carbocycles. The number of rotatable bonds is 9. The molecular weight excluding hydrogens is 456 g/mol. The Kier molecular flexibility index (Phi) is 8.00. The Hall–Kier alpha value is -2.33. The number of carbonyl (C=O) groups is 1. The average molecular weight is 483 g/mol. The fourth-order valence-electron chi connectivity index (χ4n) is 3.47. The van der Waals surface area contributed by atoms with E-state index in [1.807, 2.05) is 0 Å². The summed E-state index contributed by atoms with van der Waals surface area (Å²) in [6, 6.07) is 9.04. The molecule has 32 heavy (non-hydrogen) atoms. The predicted molar refractivity (Wildman–Crippen MR) is 121 cm³/mol. The van der Waals surface area contributed by atoms with Gasteiger partial charge in [-0.3, -0.25) is 4.79 Å². The summed E-state index contributed by atoms with van der Waals surface area (Å²) in [5.74, 6) is 0.754. The minimum absolute atomic E-state index is 0.0336. The van der Waals surface area contributed by atoms with Gasteiger partial charge in [-0.25, -0.2) is 13.1 Å². The number of nitrogens with one attached hydrogen (secondary N) is 2. The monoisotopic (exact) mass is 482 g/mol. The van der Waals surface area contributed by atoms with Crippen molar-refractivity contribution in [1.82, 2.24) is 10.0 Å². The first-order valence-electron chi connectivity index (χ1n) is 10.2. The number of methoxy groups -OCH3 is 2. The van der Waals surface area contributed by atoms with E-state index in [-0.39, 0.29) is 28.1 Å². The first-order chi connectivity index (χ1) is 15.2. The molecular formula is C22H27ClN2O6S. The molecule has 2 aromatic rings. The lowest BCUT2D eigenvalue weighted by atomic mass is 10.1. The fourth-order valence-corrected chi connectivity index (χ4v) is 5.06. The number of benzene rings is 2. The van der Waals surface area contributed by atoms with E-state index < -0.39 is 22.0 Å². The summed E-state index contributed by atoms with van der Waals surface area (Å²) in [5, 5.41) is 2.90. The van der Waals surface area contributed by atoms with Crippen LogP contribution in [0, 0.1) is 0 Å². The highest BCUT2D eigenvalue weighted by molar-refractivity contribution is 7.89. The first-order valence-corrected chi connectivity index (χ1v) is 12.0. The second kappa shape index (κ2) is 10.5. The third kappa shape index (κ3) is 5.72. The van der Waals surface area contributed by atoms with Gasteiger partial charge in [0.2, 0.25) is 10.0 Å².